The van der Waals surface area contributed by atoms with Gasteiger partial charge in [-0.15, -0.1) is 11.3 Å². The van der Waals surface area contributed by atoms with Gasteiger partial charge in [0.1, 0.15) is 0 Å². The lowest BCUT2D eigenvalue weighted by molar-refractivity contribution is -0.115. The molecule has 4 aromatic rings. The Morgan fingerprint density at radius 2 is 1.71 bits per heavy atom. The van der Waals surface area contributed by atoms with E-state index in [1.165, 1.54) is 23.5 Å². The summed E-state index contributed by atoms with van der Waals surface area (Å²) in [5, 5.41) is 3.19. The number of fused-ring (bicyclic) bond motifs is 3. The molecule has 144 valence electrons. The number of benzene rings is 2. The SMILES string of the molecule is CSc1nc2ccc3nc(NC(=O)CCS(=O)(=O)c4ccccc4)sc3c2s1. The van der Waals surface area contributed by atoms with Gasteiger partial charge in [0.15, 0.2) is 19.3 Å². The van der Waals surface area contributed by atoms with Crippen molar-refractivity contribution in [2.24, 2.45) is 0 Å². The Labute approximate surface area is 173 Å². The standard InChI is InChI=1S/C18H15N3O3S4/c1-25-18-20-13-8-7-12-15(16(13)27-18)26-17(19-12)21-14(22)9-10-28(23,24)11-5-3-2-4-6-11/h2-8H,9-10H2,1H3,(H,19,21,22). The highest BCUT2D eigenvalue weighted by atomic mass is 32.2. The Bertz CT molecular complexity index is 1260. The highest BCUT2D eigenvalue weighted by Crippen LogP contribution is 2.38. The number of rotatable bonds is 6. The van der Waals surface area contributed by atoms with Crippen molar-refractivity contribution in [2.75, 3.05) is 17.3 Å². The molecule has 0 bridgehead atoms. The topological polar surface area (TPSA) is 89.0 Å². The molecule has 2 aromatic carbocycles. The number of hydrogen-bond acceptors (Lipinski definition) is 8. The molecule has 10 heteroatoms. The minimum atomic E-state index is -3.49. The molecule has 0 unspecified atom stereocenters. The van der Waals surface area contributed by atoms with E-state index in [2.05, 4.69) is 15.3 Å². The second-order valence-corrected chi connectivity index (χ2v) is 11.1. The summed E-state index contributed by atoms with van der Waals surface area (Å²) in [5.74, 6) is -0.617. The van der Waals surface area contributed by atoms with Gasteiger partial charge in [0.2, 0.25) is 5.91 Å². The Kier molecular flexibility index (Phi) is 5.37. The summed E-state index contributed by atoms with van der Waals surface area (Å²) >= 11 is 4.57. The van der Waals surface area contributed by atoms with E-state index in [-0.39, 0.29) is 23.0 Å². The predicted octanol–water partition coefficient (Wildman–Crippen LogP) is 4.43. The van der Waals surface area contributed by atoms with Gasteiger partial charge in [0.05, 0.1) is 31.1 Å². The second-order valence-electron chi connectivity index (χ2n) is 5.90. The minimum Gasteiger partial charge on any atom is -0.302 e. The molecule has 0 radical (unpaired) electrons. The first-order valence-corrected chi connectivity index (χ1v) is 12.8. The third-order valence-corrected chi connectivity index (χ3v) is 8.95. The zero-order chi connectivity index (χ0) is 19.7. The molecular weight excluding hydrogens is 434 g/mol. The van der Waals surface area contributed by atoms with E-state index in [1.54, 1.807) is 41.3 Å². The number of nitrogens with one attached hydrogen (secondary N) is 1. The number of amides is 1. The molecule has 1 amide bonds. The Morgan fingerprint density at radius 1 is 1.04 bits per heavy atom. The minimum absolute atomic E-state index is 0.125. The molecule has 0 aliphatic rings. The Morgan fingerprint density at radius 3 is 2.43 bits per heavy atom. The van der Waals surface area contributed by atoms with Crippen molar-refractivity contribution >= 4 is 75.7 Å². The highest BCUT2D eigenvalue weighted by molar-refractivity contribution is 8.00. The molecule has 0 fully saturated rings. The number of carbonyl (C=O) groups is 1. The number of thiazole rings is 2. The van der Waals surface area contributed by atoms with Crippen LogP contribution in [0, 0.1) is 0 Å². The molecular formula is C18H15N3O3S4. The maximum Gasteiger partial charge on any atom is 0.227 e. The van der Waals surface area contributed by atoms with E-state index in [4.69, 9.17) is 0 Å². The van der Waals surface area contributed by atoms with Gasteiger partial charge in [-0.3, -0.25) is 4.79 Å². The van der Waals surface area contributed by atoms with Crippen LogP contribution in [0.25, 0.3) is 20.4 Å². The summed E-state index contributed by atoms with van der Waals surface area (Å²) < 4.78 is 27.6. The summed E-state index contributed by atoms with van der Waals surface area (Å²) in [7, 11) is -3.49. The van der Waals surface area contributed by atoms with Crippen LogP contribution in [0.2, 0.25) is 0 Å². The first-order chi connectivity index (χ1) is 13.5. The third kappa shape index (κ3) is 3.90. The maximum atomic E-state index is 12.3. The van der Waals surface area contributed by atoms with Crippen LogP contribution in [0.1, 0.15) is 6.42 Å². The summed E-state index contributed by atoms with van der Waals surface area (Å²) in [5.41, 5.74) is 1.71. The van der Waals surface area contributed by atoms with E-state index >= 15 is 0 Å². The molecule has 0 saturated heterocycles. The number of aromatic nitrogens is 2. The van der Waals surface area contributed by atoms with Gasteiger partial charge in [-0.05, 0) is 30.5 Å². The molecule has 6 nitrogen and oxygen atoms in total. The zero-order valence-corrected chi connectivity index (χ0v) is 18.0. The summed E-state index contributed by atoms with van der Waals surface area (Å²) in [4.78, 5) is 21.5. The normalized spacial score (nSPS) is 11.9. The van der Waals surface area contributed by atoms with Crippen LogP contribution in [0.3, 0.4) is 0 Å². The maximum absolute atomic E-state index is 12.3. The number of anilines is 1. The van der Waals surface area contributed by atoms with Gasteiger partial charge in [0, 0.05) is 6.42 Å². The van der Waals surface area contributed by atoms with Crippen molar-refractivity contribution in [3.63, 3.8) is 0 Å². The van der Waals surface area contributed by atoms with Crippen LogP contribution in [0.5, 0.6) is 0 Å². The van der Waals surface area contributed by atoms with Gasteiger partial charge in [-0.2, -0.15) is 0 Å². The smallest absolute Gasteiger partial charge is 0.227 e. The quantitative estimate of drug-likeness (QED) is 0.438. The molecule has 0 aliphatic heterocycles. The van der Waals surface area contributed by atoms with Gasteiger partial charge in [0.25, 0.3) is 0 Å². The van der Waals surface area contributed by atoms with E-state index in [1.807, 2.05) is 18.4 Å². The molecule has 4 rings (SSSR count). The summed E-state index contributed by atoms with van der Waals surface area (Å²) in [6.07, 6.45) is 1.86. The van der Waals surface area contributed by atoms with Crippen molar-refractivity contribution in [3.8, 4) is 0 Å². The molecule has 2 heterocycles. The monoisotopic (exact) mass is 449 g/mol. The van der Waals surface area contributed by atoms with Crippen LogP contribution in [-0.2, 0) is 14.6 Å². The molecule has 1 N–H and O–H groups in total. The average Bonchev–Trinajstić information content (AvgIpc) is 3.30. The summed E-state index contributed by atoms with van der Waals surface area (Å²) in [6.45, 7) is 0. The Hall–Kier alpha value is -2.01. The zero-order valence-electron chi connectivity index (χ0n) is 14.7. The van der Waals surface area contributed by atoms with Gasteiger partial charge < -0.3 is 5.32 Å². The van der Waals surface area contributed by atoms with Crippen molar-refractivity contribution in [1.29, 1.82) is 0 Å². The fourth-order valence-electron chi connectivity index (χ4n) is 2.65. The number of sulfone groups is 1. The van der Waals surface area contributed by atoms with Crippen LogP contribution < -0.4 is 5.32 Å². The fourth-order valence-corrected chi connectivity index (χ4v) is 6.58. The number of thioether (sulfide) groups is 1. The van der Waals surface area contributed by atoms with Crippen LogP contribution in [0.15, 0.2) is 51.7 Å². The molecule has 0 atom stereocenters. The molecule has 0 aliphatic carbocycles. The molecule has 2 aromatic heterocycles. The largest absolute Gasteiger partial charge is 0.302 e. The lowest BCUT2D eigenvalue weighted by Gasteiger charge is -2.04. The van der Waals surface area contributed by atoms with Crippen LogP contribution in [0.4, 0.5) is 5.13 Å². The highest BCUT2D eigenvalue weighted by Gasteiger charge is 2.17. The first-order valence-electron chi connectivity index (χ1n) is 8.28. The lowest BCUT2D eigenvalue weighted by atomic mass is 10.3. The number of hydrogen-bond donors (Lipinski definition) is 1. The number of carbonyl (C=O) groups excluding carboxylic acids is 1. The van der Waals surface area contributed by atoms with E-state index in [0.29, 0.717) is 5.13 Å². The molecule has 0 saturated carbocycles. The first kappa shape index (κ1) is 19.3. The van der Waals surface area contributed by atoms with E-state index in [9.17, 15) is 13.2 Å². The average molecular weight is 450 g/mol. The lowest BCUT2D eigenvalue weighted by Crippen LogP contribution is -2.17. The van der Waals surface area contributed by atoms with Crippen molar-refractivity contribution in [2.45, 2.75) is 15.7 Å². The summed E-state index contributed by atoms with van der Waals surface area (Å²) in [6, 6.07) is 11.9. The van der Waals surface area contributed by atoms with Gasteiger partial charge in [-0.25, -0.2) is 18.4 Å². The molecule has 0 spiro atoms. The van der Waals surface area contributed by atoms with Gasteiger partial charge in [-0.1, -0.05) is 41.3 Å². The third-order valence-electron chi connectivity index (χ3n) is 4.01. The van der Waals surface area contributed by atoms with Crippen molar-refractivity contribution < 1.29 is 13.2 Å². The van der Waals surface area contributed by atoms with Crippen LogP contribution >= 0.6 is 34.4 Å². The molecule has 28 heavy (non-hydrogen) atoms. The van der Waals surface area contributed by atoms with E-state index < -0.39 is 9.84 Å². The van der Waals surface area contributed by atoms with Crippen molar-refractivity contribution in [3.05, 3.63) is 42.5 Å². The van der Waals surface area contributed by atoms with Gasteiger partial charge >= 0.3 is 0 Å². The van der Waals surface area contributed by atoms with E-state index in [0.717, 1.165) is 24.8 Å². The number of nitrogens with zero attached hydrogens (tertiary/aromatic N) is 2. The Balaban J connectivity index is 1.49. The second kappa shape index (κ2) is 7.78. The predicted molar refractivity (Wildman–Crippen MR) is 116 cm³/mol. The van der Waals surface area contributed by atoms with Crippen molar-refractivity contribution in [1.82, 2.24) is 9.97 Å². The fraction of sp³-hybridized carbons (Fsp3) is 0.167. The van der Waals surface area contributed by atoms with Crippen LogP contribution in [-0.4, -0.2) is 36.3 Å².